The summed E-state index contributed by atoms with van der Waals surface area (Å²) in [6.45, 7) is 6.62. The molecule has 0 amide bonds. The lowest BCUT2D eigenvalue weighted by atomic mass is 9.93. The number of benzene rings is 3. The van der Waals surface area contributed by atoms with Crippen molar-refractivity contribution in [1.29, 1.82) is 0 Å². The van der Waals surface area contributed by atoms with Crippen LogP contribution >= 0.6 is 0 Å². The number of piperazine rings is 1. The van der Waals surface area contributed by atoms with Crippen molar-refractivity contribution in [3.63, 3.8) is 0 Å². The highest BCUT2D eigenvalue weighted by atomic mass is 32.2. The Morgan fingerprint density at radius 2 is 1.52 bits per heavy atom. The average molecular weight is 564 g/mol. The molecule has 3 aromatic rings. The number of rotatable bonds is 9. The van der Waals surface area contributed by atoms with E-state index in [1.54, 1.807) is 36.4 Å². The van der Waals surface area contributed by atoms with Crippen LogP contribution in [0.4, 0.5) is 5.69 Å². The number of nitrogens with zero attached hydrogens (tertiary/aromatic N) is 3. The van der Waals surface area contributed by atoms with Gasteiger partial charge in [0.15, 0.2) is 0 Å². The molecule has 40 heavy (non-hydrogen) atoms. The van der Waals surface area contributed by atoms with E-state index < -0.39 is 14.8 Å². The third kappa shape index (κ3) is 6.54. The number of non-ortho nitro benzene ring substituents is 1. The fraction of sp³-hybridized carbons (Fsp3) is 0.419. The molecule has 3 aromatic carbocycles. The van der Waals surface area contributed by atoms with Crippen molar-refractivity contribution in [2.75, 3.05) is 26.2 Å². The van der Waals surface area contributed by atoms with Crippen LogP contribution < -0.4 is 4.74 Å². The minimum atomic E-state index is -3.68. The molecule has 0 N–H and O–H groups in total. The lowest BCUT2D eigenvalue weighted by molar-refractivity contribution is -0.384. The summed E-state index contributed by atoms with van der Waals surface area (Å²) in [6, 6.07) is 20.8. The molecular weight excluding hydrogens is 526 g/mol. The Morgan fingerprint density at radius 1 is 0.900 bits per heavy atom. The Kier molecular flexibility index (Phi) is 8.83. The van der Waals surface area contributed by atoms with Crippen molar-refractivity contribution >= 4 is 15.5 Å². The van der Waals surface area contributed by atoms with E-state index in [0.29, 0.717) is 11.3 Å². The first-order chi connectivity index (χ1) is 19.3. The molecule has 9 heteroatoms. The van der Waals surface area contributed by atoms with Crippen LogP contribution in [0.2, 0.25) is 0 Å². The molecule has 8 nitrogen and oxygen atoms in total. The van der Waals surface area contributed by atoms with Gasteiger partial charge in [-0.2, -0.15) is 0 Å². The van der Waals surface area contributed by atoms with Crippen molar-refractivity contribution < 1.29 is 18.1 Å². The van der Waals surface area contributed by atoms with Crippen molar-refractivity contribution in [3.05, 3.63) is 94.0 Å². The number of hydrogen-bond acceptors (Lipinski definition) is 7. The summed E-state index contributed by atoms with van der Waals surface area (Å²) in [6.07, 6.45) is 6.77. The Bertz CT molecular complexity index is 1400. The first-order valence-electron chi connectivity index (χ1n) is 14.1. The number of sulfone groups is 1. The van der Waals surface area contributed by atoms with Crippen LogP contribution in [0, 0.1) is 10.1 Å². The van der Waals surface area contributed by atoms with Crippen LogP contribution in [0.25, 0.3) is 0 Å². The number of nitro benzene ring substituents is 1. The molecule has 212 valence electrons. The quantitative estimate of drug-likeness (QED) is 0.232. The standard InChI is InChI=1S/C31H37N3O5S/c1-24(32-18-20-33(21-19-32)27-7-3-2-4-8-27)26-10-14-30(15-11-26)40(37,38)31-16-12-29(13-17-31)39-23-25-6-5-9-28(22-25)34(35)36/h5-6,9-17,22,24,27H,2-4,7-8,18-21,23H2,1H3. The third-order valence-corrected chi connectivity index (χ3v) is 10.1. The summed E-state index contributed by atoms with van der Waals surface area (Å²) in [5.74, 6) is 0.484. The molecule has 1 saturated heterocycles. The second-order valence-corrected chi connectivity index (χ2v) is 12.7. The van der Waals surface area contributed by atoms with Gasteiger partial charge in [0, 0.05) is 50.4 Å². The molecule has 1 saturated carbocycles. The Labute approximate surface area is 236 Å². The summed E-state index contributed by atoms with van der Waals surface area (Å²) >= 11 is 0. The highest BCUT2D eigenvalue weighted by Crippen LogP contribution is 2.29. The molecule has 2 aliphatic rings. The molecule has 5 rings (SSSR count). The molecule has 1 heterocycles. The number of hydrogen-bond donors (Lipinski definition) is 0. The van der Waals surface area contributed by atoms with Gasteiger partial charge in [-0.05, 0) is 67.3 Å². The van der Waals surface area contributed by atoms with Gasteiger partial charge in [0.05, 0.1) is 14.7 Å². The van der Waals surface area contributed by atoms with Gasteiger partial charge in [-0.15, -0.1) is 0 Å². The predicted octanol–water partition coefficient (Wildman–Crippen LogP) is 6.02. The first-order valence-corrected chi connectivity index (χ1v) is 15.6. The van der Waals surface area contributed by atoms with Crippen LogP contribution in [0.1, 0.15) is 56.2 Å². The summed E-state index contributed by atoms with van der Waals surface area (Å²) in [7, 11) is -3.68. The second-order valence-electron chi connectivity index (χ2n) is 10.8. The zero-order valence-corrected chi connectivity index (χ0v) is 23.8. The minimum Gasteiger partial charge on any atom is -0.489 e. The van der Waals surface area contributed by atoms with Gasteiger partial charge in [0.1, 0.15) is 12.4 Å². The largest absolute Gasteiger partial charge is 0.489 e. The molecule has 0 aromatic heterocycles. The molecule has 0 spiro atoms. The van der Waals surface area contributed by atoms with Crippen molar-refractivity contribution in [1.82, 2.24) is 9.80 Å². The molecule has 1 unspecified atom stereocenters. The Morgan fingerprint density at radius 3 is 2.15 bits per heavy atom. The van der Waals surface area contributed by atoms with Crippen LogP contribution in [-0.2, 0) is 16.4 Å². The Balaban J connectivity index is 1.17. The summed E-state index contributed by atoms with van der Waals surface area (Å²) in [4.78, 5) is 16.1. The van der Waals surface area contributed by atoms with E-state index in [-0.39, 0.29) is 28.1 Å². The molecule has 0 bridgehead atoms. The van der Waals surface area contributed by atoms with Crippen LogP contribution in [0.3, 0.4) is 0 Å². The van der Waals surface area contributed by atoms with E-state index in [9.17, 15) is 18.5 Å². The van der Waals surface area contributed by atoms with Gasteiger partial charge in [-0.3, -0.25) is 19.9 Å². The first kappa shape index (κ1) is 28.3. The van der Waals surface area contributed by atoms with Crippen molar-refractivity contribution in [3.8, 4) is 5.75 Å². The fourth-order valence-corrected chi connectivity index (χ4v) is 7.11. The summed E-state index contributed by atoms with van der Waals surface area (Å²) in [5, 5.41) is 11.0. The van der Waals surface area contributed by atoms with E-state index in [1.165, 1.54) is 56.4 Å². The third-order valence-electron chi connectivity index (χ3n) is 8.32. The lowest BCUT2D eigenvalue weighted by Gasteiger charge is -2.42. The van der Waals surface area contributed by atoms with E-state index in [1.807, 2.05) is 12.1 Å². The zero-order chi connectivity index (χ0) is 28.1. The van der Waals surface area contributed by atoms with E-state index in [2.05, 4.69) is 16.7 Å². The maximum absolute atomic E-state index is 13.3. The SMILES string of the molecule is CC(c1ccc(S(=O)(=O)c2ccc(OCc3cccc([N+](=O)[O-])c3)cc2)cc1)N1CCN(C2CCCCC2)CC1. The monoisotopic (exact) mass is 563 g/mol. The number of ether oxygens (including phenoxy) is 1. The smallest absolute Gasteiger partial charge is 0.269 e. The lowest BCUT2D eigenvalue weighted by Crippen LogP contribution is -2.51. The molecule has 1 aliphatic heterocycles. The highest BCUT2D eigenvalue weighted by molar-refractivity contribution is 7.91. The predicted molar refractivity (Wildman–Crippen MR) is 154 cm³/mol. The van der Waals surface area contributed by atoms with Crippen LogP contribution in [0.15, 0.2) is 82.6 Å². The number of nitro groups is 1. The van der Waals surface area contributed by atoms with Crippen molar-refractivity contribution in [2.45, 2.75) is 67.5 Å². The van der Waals surface area contributed by atoms with Gasteiger partial charge < -0.3 is 4.74 Å². The van der Waals surface area contributed by atoms with Gasteiger partial charge >= 0.3 is 0 Å². The van der Waals surface area contributed by atoms with E-state index >= 15 is 0 Å². The van der Waals surface area contributed by atoms with Crippen LogP contribution in [0.5, 0.6) is 5.75 Å². The maximum Gasteiger partial charge on any atom is 0.269 e. The maximum atomic E-state index is 13.3. The van der Waals surface area contributed by atoms with Crippen molar-refractivity contribution in [2.24, 2.45) is 0 Å². The van der Waals surface area contributed by atoms with Gasteiger partial charge in [-0.1, -0.05) is 43.5 Å². The second kappa shape index (κ2) is 12.5. The minimum absolute atomic E-state index is 0.000173. The van der Waals surface area contributed by atoms with E-state index in [0.717, 1.165) is 37.8 Å². The van der Waals surface area contributed by atoms with Gasteiger partial charge in [-0.25, -0.2) is 8.42 Å². The van der Waals surface area contributed by atoms with Gasteiger partial charge in [0.2, 0.25) is 9.84 Å². The summed E-state index contributed by atoms with van der Waals surface area (Å²) < 4.78 is 32.3. The molecular formula is C31H37N3O5S. The summed E-state index contributed by atoms with van der Waals surface area (Å²) in [5.41, 5.74) is 1.78. The molecule has 1 aliphatic carbocycles. The highest BCUT2D eigenvalue weighted by Gasteiger charge is 2.27. The molecule has 2 fully saturated rings. The topological polar surface area (TPSA) is 93.0 Å². The Hall–Kier alpha value is -3.27. The normalized spacial score (nSPS) is 18.3. The zero-order valence-electron chi connectivity index (χ0n) is 22.9. The van der Waals surface area contributed by atoms with Crippen LogP contribution in [-0.4, -0.2) is 55.4 Å². The molecule has 0 radical (unpaired) electrons. The molecule has 1 atom stereocenters. The van der Waals surface area contributed by atoms with E-state index in [4.69, 9.17) is 4.74 Å². The fourth-order valence-electron chi connectivity index (χ4n) is 5.85. The van der Waals surface area contributed by atoms with Gasteiger partial charge in [0.25, 0.3) is 5.69 Å². The average Bonchev–Trinajstić information content (AvgIpc) is 3.00.